The molecule has 0 aliphatic rings. The van der Waals surface area contributed by atoms with Crippen molar-refractivity contribution < 1.29 is 9.18 Å². The molecule has 0 aliphatic carbocycles. The number of hydrogen-bond donors (Lipinski definition) is 1. The van der Waals surface area contributed by atoms with E-state index in [9.17, 15) is 9.18 Å². The van der Waals surface area contributed by atoms with Gasteiger partial charge in [-0.15, -0.1) is 0 Å². The van der Waals surface area contributed by atoms with Crippen LogP contribution >= 0.6 is 11.6 Å². The van der Waals surface area contributed by atoms with Crippen LogP contribution in [0.5, 0.6) is 0 Å². The number of benzene rings is 1. The molecular weight excluding hydrogens is 245 g/mol. The molecule has 4 nitrogen and oxygen atoms in total. The summed E-state index contributed by atoms with van der Waals surface area (Å²) in [5.41, 5.74) is 6.10. The Labute approximate surface area is 102 Å². The summed E-state index contributed by atoms with van der Waals surface area (Å²) in [7, 11) is 1.58. The molecule has 0 atom stereocenters. The van der Waals surface area contributed by atoms with Crippen molar-refractivity contribution in [1.29, 1.82) is 0 Å². The second-order valence-electron chi connectivity index (χ2n) is 3.53. The van der Waals surface area contributed by atoms with Crippen LogP contribution in [-0.2, 0) is 7.05 Å². The van der Waals surface area contributed by atoms with Crippen LogP contribution in [0.2, 0.25) is 5.02 Å². The average Bonchev–Trinajstić information content (AvgIpc) is 2.61. The molecule has 0 spiro atoms. The van der Waals surface area contributed by atoms with E-state index in [0.717, 1.165) is 6.07 Å². The average molecular weight is 254 g/mol. The van der Waals surface area contributed by atoms with E-state index in [1.54, 1.807) is 7.05 Å². The first-order valence-corrected chi connectivity index (χ1v) is 5.15. The van der Waals surface area contributed by atoms with E-state index in [-0.39, 0.29) is 22.0 Å². The smallest absolute Gasteiger partial charge is 0.214 e. The van der Waals surface area contributed by atoms with Gasteiger partial charge in [0.1, 0.15) is 11.5 Å². The molecule has 1 aromatic heterocycles. The topological polar surface area (TPSA) is 60.9 Å². The van der Waals surface area contributed by atoms with Crippen molar-refractivity contribution in [3.63, 3.8) is 0 Å². The number of carbonyl (C=O) groups excluding carboxylic acids is 1. The highest BCUT2D eigenvalue weighted by Gasteiger charge is 2.20. The second kappa shape index (κ2) is 4.18. The van der Waals surface area contributed by atoms with Crippen LogP contribution in [0, 0.1) is 5.82 Å². The van der Waals surface area contributed by atoms with Crippen molar-refractivity contribution in [3.05, 3.63) is 46.5 Å². The second-order valence-corrected chi connectivity index (χ2v) is 3.93. The minimum atomic E-state index is -0.527. The third-order valence-electron chi connectivity index (χ3n) is 2.37. The summed E-state index contributed by atoms with van der Waals surface area (Å²) in [6.45, 7) is 0. The Kier molecular flexibility index (Phi) is 2.85. The Balaban J connectivity index is 2.55. The lowest BCUT2D eigenvalue weighted by molar-refractivity contribution is 0.103. The summed E-state index contributed by atoms with van der Waals surface area (Å²) in [5.74, 6) is -0.979. The van der Waals surface area contributed by atoms with Gasteiger partial charge in [0.15, 0.2) is 0 Å². The molecule has 0 saturated carbocycles. The van der Waals surface area contributed by atoms with E-state index in [4.69, 9.17) is 17.3 Å². The van der Waals surface area contributed by atoms with Gasteiger partial charge in [-0.25, -0.2) is 4.39 Å². The highest BCUT2D eigenvalue weighted by atomic mass is 35.5. The monoisotopic (exact) mass is 253 g/mol. The molecule has 0 radical (unpaired) electrons. The van der Waals surface area contributed by atoms with Crippen LogP contribution in [0.1, 0.15) is 16.1 Å². The van der Waals surface area contributed by atoms with Crippen LogP contribution < -0.4 is 5.73 Å². The van der Waals surface area contributed by atoms with Crippen LogP contribution in [-0.4, -0.2) is 15.6 Å². The standard InChI is InChI=1S/C11H9ClFN3O/c1-16-10(8(12)5-15-16)11(17)7-4-6(13)2-3-9(7)14/h2-5H,14H2,1H3. The zero-order chi connectivity index (χ0) is 12.6. The van der Waals surface area contributed by atoms with Crippen molar-refractivity contribution in [2.45, 2.75) is 0 Å². The minimum Gasteiger partial charge on any atom is -0.398 e. The Morgan fingerprint density at radius 1 is 1.53 bits per heavy atom. The Bertz CT molecular complexity index is 575. The summed E-state index contributed by atoms with van der Waals surface area (Å²) in [4.78, 5) is 12.1. The molecule has 0 bridgehead atoms. The van der Waals surface area contributed by atoms with Crippen molar-refractivity contribution in [1.82, 2.24) is 9.78 Å². The Morgan fingerprint density at radius 3 is 2.82 bits per heavy atom. The zero-order valence-corrected chi connectivity index (χ0v) is 9.70. The van der Waals surface area contributed by atoms with Gasteiger partial charge in [0, 0.05) is 12.7 Å². The fourth-order valence-electron chi connectivity index (χ4n) is 1.52. The van der Waals surface area contributed by atoms with E-state index in [2.05, 4.69) is 5.10 Å². The van der Waals surface area contributed by atoms with E-state index in [1.165, 1.54) is 23.0 Å². The lowest BCUT2D eigenvalue weighted by Crippen LogP contribution is -2.11. The van der Waals surface area contributed by atoms with E-state index < -0.39 is 11.6 Å². The largest absolute Gasteiger partial charge is 0.398 e. The Morgan fingerprint density at radius 2 is 2.24 bits per heavy atom. The number of halogens is 2. The number of ketones is 1. The van der Waals surface area contributed by atoms with Crippen LogP contribution in [0.25, 0.3) is 0 Å². The Hall–Kier alpha value is -1.88. The molecule has 6 heteroatoms. The quantitative estimate of drug-likeness (QED) is 0.658. The van der Waals surface area contributed by atoms with Gasteiger partial charge in [0.05, 0.1) is 16.8 Å². The highest BCUT2D eigenvalue weighted by Crippen LogP contribution is 2.22. The molecule has 2 rings (SSSR count). The van der Waals surface area contributed by atoms with E-state index >= 15 is 0 Å². The first kappa shape index (κ1) is 11.6. The minimum absolute atomic E-state index is 0.0792. The molecule has 0 amide bonds. The molecule has 0 fully saturated rings. The molecule has 88 valence electrons. The number of aryl methyl sites for hydroxylation is 1. The predicted molar refractivity (Wildman–Crippen MR) is 62.5 cm³/mol. The van der Waals surface area contributed by atoms with Crippen molar-refractivity contribution in [2.75, 3.05) is 5.73 Å². The van der Waals surface area contributed by atoms with Gasteiger partial charge in [-0.2, -0.15) is 5.10 Å². The number of carbonyl (C=O) groups is 1. The van der Waals surface area contributed by atoms with E-state index in [0.29, 0.717) is 0 Å². The maximum absolute atomic E-state index is 13.1. The fourth-order valence-corrected chi connectivity index (χ4v) is 1.77. The summed E-state index contributed by atoms with van der Waals surface area (Å²) < 4.78 is 14.4. The zero-order valence-electron chi connectivity index (χ0n) is 8.95. The number of nitrogen functional groups attached to an aromatic ring is 1. The SMILES string of the molecule is Cn1ncc(Cl)c1C(=O)c1cc(F)ccc1N. The molecule has 17 heavy (non-hydrogen) atoms. The number of aromatic nitrogens is 2. The lowest BCUT2D eigenvalue weighted by atomic mass is 10.1. The fraction of sp³-hybridized carbons (Fsp3) is 0.0909. The number of rotatable bonds is 2. The molecule has 1 aromatic carbocycles. The van der Waals surface area contributed by atoms with Crippen molar-refractivity contribution >= 4 is 23.1 Å². The number of hydrogen-bond acceptors (Lipinski definition) is 3. The molecule has 2 aromatic rings. The third-order valence-corrected chi connectivity index (χ3v) is 2.65. The summed E-state index contributed by atoms with van der Waals surface area (Å²) in [5, 5.41) is 4.05. The van der Waals surface area contributed by atoms with Gasteiger partial charge < -0.3 is 5.73 Å². The van der Waals surface area contributed by atoms with Crippen molar-refractivity contribution in [2.24, 2.45) is 7.05 Å². The number of anilines is 1. The summed E-state index contributed by atoms with van der Waals surface area (Å²) in [6.07, 6.45) is 1.35. The maximum Gasteiger partial charge on any atom is 0.214 e. The van der Waals surface area contributed by atoms with E-state index in [1.807, 2.05) is 0 Å². The van der Waals surface area contributed by atoms with Gasteiger partial charge in [-0.1, -0.05) is 11.6 Å². The number of nitrogens with zero attached hydrogens (tertiary/aromatic N) is 2. The molecule has 1 heterocycles. The highest BCUT2D eigenvalue weighted by molar-refractivity contribution is 6.34. The number of nitrogens with two attached hydrogens (primary N) is 1. The molecule has 0 unspecified atom stereocenters. The van der Waals surface area contributed by atoms with Crippen LogP contribution in [0.3, 0.4) is 0 Å². The maximum atomic E-state index is 13.1. The summed E-state index contributed by atoms with van der Waals surface area (Å²) >= 11 is 5.84. The first-order valence-electron chi connectivity index (χ1n) is 4.78. The summed E-state index contributed by atoms with van der Waals surface area (Å²) in [6, 6.07) is 3.62. The predicted octanol–water partition coefficient (Wildman–Crippen LogP) is 2.03. The van der Waals surface area contributed by atoms with Crippen LogP contribution in [0.15, 0.2) is 24.4 Å². The van der Waals surface area contributed by atoms with Gasteiger partial charge in [0.25, 0.3) is 0 Å². The molecular formula is C11H9ClFN3O. The van der Waals surface area contributed by atoms with Gasteiger partial charge in [0.2, 0.25) is 5.78 Å². The first-order chi connectivity index (χ1) is 8.00. The van der Waals surface area contributed by atoms with Gasteiger partial charge in [-0.3, -0.25) is 9.48 Å². The molecule has 0 saturated heterocycles. The molecule has 0 aliphatic heterocycles. The van der Waals surface area contributed by atoms with Crippen LogP contribution in [0.4, 0.5) is 10.1 Å². The third kappa shape index (κ3) is 2.01. The van der Waals surface area contributed by atoms with Gasteiger partial charge in [-0.05, 0) is 18.2 Å². The lowest BCUT2D eigenvalue weighted by Gasteiger charge is -2.05. The van der Waals surface area contributed by atoms with Gasteiger partial charge >= 0.3 is 0 Å². The van der Waals surface area contributed by atoms with Crippen molar-refractivity contribution in [3.8, 4) is 0 Å². The molecule has 2 N–H and O–H groups in total. The normalized spacial score (nSPS) is 10.5.